The summed E-state index contributed by atoms with van der Waals surface area (Å²) in [5.74, 6) is 1.32. The van der Waals surface area contributed by atoms with E-state index < -0.39 is 0 Å². The second kappa shape index (κ2) is 5.23. The number of anilines is 1. The molecule has 88 valence electrons. The van der Waals surface area contributed by atoms with Crippen LogP contribution in [0.15, 0.2) is 12.4 Å². The fraction of sp³-hybridized carbons (Fsp3) is 0.636. The van der Waals surface area contributed by atoms with Crippen LogP contribution < -0.4 is 4.90 Å². The Kier molecular flexibility index (Phi) is 3.69. The minimum atomic E-state index is -0.00736. The average molecular weight is 223 g/mol. The zero-order valence-corrected chi connectivity index (χ0v) is 9.46. The lowest BCUT2D eigenvalue weighted by Crippen LogP contribution is -2.23. The third kappa shape index (κ3) is 2.48. The molecule has 1 fully saturated rings. The van der Waals surface area contributed by atoms with Crippen molar-refractivity contribution in [3.8, 4) is 0 Å². The van der Waals surface area contributed by atoms with Crippen LogP contribution in [0.3, 0.4) is 0 Å². The summed E-state index contributed by atoms with van der Waals surface area (Å²) in [6.45, 7) is 2.72. The van der Waals surface area contributed by atoms with Crippen LogP contribution in [0.2, 0.25) is 0 Å². The number of aromatic nitrogens is 2. The summed E-state index contributed by atoms with van der Waals surface area (Å²) < 4.78 is 5.15. The lowest BCUT2D eigenvalue weighted by molar-refractivity contribution is 0.161. The van der Waals surface area contributed by atoms with Gasteiger partial charge in [0, 0.05) is 44.1 Å². The molecule has 0 bridgehead atoms. The Labute approximate surface area is 95.1 Å². The van der Waals surface area contributed by atoms with Crippen LogP contribution in [0, 0.1) is 5.92 Å². The largest absolute Gasteiger partial charge is 0.392 e. The molecule has 0 aromatic carbocycles. The van der Waals surface area contributed by atoms with Gasteiger partial charge in [-0.05, 0) is 6.42 Å². The highest BCUT2D eigenvalue weighted by atomic mass is 16.5. The summed E-state index contributed by atoms with van der Waals surface area (Å²) in [5.41, 5.74) is 0.747. The van der Waals surface area contributed by atoms with Crippen molar-refractivity contribution >= 4 is 5.95 Å². The highest BCUT2D eigenvalue weighted by Crippen LogP contribution is 2.20. The normalized spacial score (nSPS) is 20.4. The highest BCUT2D eigenvalue weighted by molar-refractivity contribution is 5.31. The first-order valence-electron chi connectivity index (χ1n) is 5.49. The first-order chi connectivity index (χ1) is 7.83. The lowest BCUT2D eigenvalue weighted by Gasteiger charge is -2.15. The third-order valence-electron chi connectivity index (χ3n) is 2.85. The lowest BCUT2D eigenvalue weighted by atomic mass is 10.1. The van der Waals surface area contributed by atoms with Gasteiger partial charge in [-0.15, -0.1) is 0 Å². The predicted octanol–water partition coefficient (Wildman–Crippen LogP) is 0.442. The van der Waals surface area contributed by atoms with Crippen LogP contribution >= 0.6 is 0 Å². The number of hydrogen-bond donors (Lipinski definition) is 1. The maximum Gasteiger partial charge on any atom is 0.225 e. The van der Waals surface area contributed by atoms with Gasteiger partial charge in [-0.3, -0.25) is 0 Å². The molecule has 1 saturated heterocycles. The topological polar surface area (TPSA) is 58.5 Å². The Bertz CT molecular complexity index is 329. The molecule has 2 heterocycles. The number of ether oxygens (including phenoxy) is 1. The van der Waals surface area contributed by atoms with Crippen LogP contribution in [-0.2, 0) is 11.3 Å². The Balaban J connectivity index is 1.97. The van der Waals surface area contributed by atoms with E-state index in [-0.39, 0.29) is 6.61 Å². The van der Waals surface area contributed by atoms with Gasteiger partial charge in [0.1, 0.15) is 0 Å². The van der Waals surface area contributed by atoms with Crippen molar-refractivity contribution in [1.82, 2.24) is 9.97 Å². The van der Waals surface area contributed by atoms with E-state index in [1.54, 1.807) is 19.5 Å². The fourth-order valence-corrected chi connectivity index (χ4v) is 1.98. The van der Waals surface area contributed by atoms with Gasteiger partial charge in [-0.25, -0.2) is 9.97 Å². The number of aliphatic hydroxyl groups is 1. The van der Waals surface area contributed by atoms with Gasteiger partial charge >= 0.3 is 0 Å². The molecule has 1 N–H and O–H groups in total. The molecule has 0 saturated carbocycles. The number of nitrogens with zero attached hydrogens (tertiary/aromatic N) is 3. The zero-order chi connectivity index (χ0) is 11.4. The average Bonchev–Trinajstić information content (AvgIpc) is 2.78. The Hall–Kier alpha value is -1.20. The quantitative estimate of drug-likeness (QED) is 0.802. The molecule has 1 aliphatic heterocycles. The van der Waals surface area contributed by atoms with Gasteiger partial charge in [-0.1, -0.05) is 0 Å². The van der Waals surface area contributed by atoms with Crippen LogP contribution in [0.25, 0.3) is 0 Å². The molecular formula is C11H17N3O2. The van der Waals surface area contributed by atoms with E-state index >= 15 is 0 Å². The summed E-state index contributed by atoms with van der Waals surface area (Å²) in [6, 6.07) is 0. The summed E-state index contributed by atoms with van der Waals surface area (Å²) in [7, 11) is 1.73. The number of aliphatic hydroxyl groups excluding tert-OH is 1. The molecule has 1 unspecified atom stereocenters. The summed E-state index contributed by atoms with van der Waals surface area (Å²) >= 11 is 0. The molecule has 1 aliphatic rings. The molecule has 0 aliphatic carbocycles. The van der Waals surface area contributed by atoms with Crippen LogP contribution in [0.1, 0.15) is 12.0 Å². The molecule has 5 nitrogen and oxygen atoms in total. The van der Waals surface area contributed by atoms with E-state index in [1.807, 2.05) is 0 Å². The molecular weight excluding hydrogens is 206 g/mol. The van der Waals surface area contributed by atoms with Gasteiger partial charge < -0.3 is 14.7 Å². The van der Waals surface area contributed by atoms with E-state index in [9.17, 15) is 0 Å². The number of rotatable bonds is 4. The fourth-order valence-electron chi connectivity index (χ4n) is 1.98. The van der Waals surface area contributed by atoms with E-state index in [0.29, 0.717) is 5.92 Å². The van der Waals surface area contributed by atoms with Crippen molar-refractivity contribution in [1.29, 1.82) is 0 Å². The first-order valence-corrected chi connectivity index (χ1v) is 5.49. The Morgan fingerprint density at radius 2 is 2.25 bits per heavy atom. The molecule has 0 amide bonds. The molecule has 2 rings (SSSR count). The van der Waals surface area contributed by atoms with Crippen LogP contribution in [-0.4, -0.2) is 41.9 Å². The van der Waals surface area contributed by atoms with Crippen molar-refractivity contribution in [2.24, 2.45) is 5.92 Å². The minimum absolute atomic E-state index is 0.00736. The van der Waals surface area contributed by atoms with E-state index in [2.05, 4.69) is 14.9 Å². The van der Waals surface area contributed by atoms with Gasteiger partial charge in [0.2, 0.25) is 5.95 Å². The second-order valence-electron chi connectivity index (χ2n) is 4.11. The van der Waals surface area contributed by atoms with E-state index in [0.717, 1.165) is 37.6 Å². The molecule has 0 radical (unpaired) electrons. The van der Waals surface area contributed by atoms with Crippen molar-refractivity contribution in [3.63, 3.8) is 0 Å². The van der Waals surface area contributed by atoms with E-state index in [4.69, 9.17) is 9.84 Å². The SMILES string of the molecule is COCC1CCN(c2ncc(CO)cn2)C1. The molecule has 1 aromatic rings. The Morgan fingerprint density at radius 1 is 1.50 bits per heavy atom. The van der Waals surface area contributed by atoms with Crippen molar-refractivity contribution in [3.05, 3.63) is 18.0 Å². The zero-order valence-electron chi connectivity index (χ0n) is 9.46. The molecule has 0 spiro atoms. The van der Waals surface area contributed by atoms with Crippen molar-refractivity contribution in [2.45, 2.75) is 13.0 Å². The van der Waals surface area contributed by atoms with E-state index in [1.165, 1.54) is 0 Å². The van der Waals surface area contributed by atoms with Crippen LogP contribution in [0.4, 0.5) is 5.95 Å². The maximum absolute atomic E-state index is 8.90. The van der Waals surface area contributed by atoms with Gasteiger partial charge in [-0.2, -0.15) is 0 Å². The maximum atomic E-state index is 8.90. The Morgan fingerprint density at radius 3 is 2.88 bits per heavy atom. The van der Waals surface area contributed by atoms with Gasteiger partial charge in [0.15, 0.2) is 0 Å². The first kappa shape index (κ1) is 11.3. The standard InChI is InChI=1S/C11H17N3O2/c1-16-8-9-2-3-14(6-9)11-12-4-10(7-15)5-13-11/h4-5,9,15H,2-3,6-8H2,1H3. The van der Waals surface area contributed by atoms with Gasteiger partial charge in [0.05, 0.1) is 13.2 Å². The van der Waals surface area contributed by atoms with Crippen molar-refractivity contribution < 1.29 is 9.84 Å². The summed E-state index contributed by atoms with van der Waals surface area (Å²) in [4.78, 5) is 10.6. The monoisotopic (exact) mass is 223 g/mol. The molecule has 1 aromatic heterocycles. The van der Waals surface area contributed by atoms with Gasteiger partial charge in [0.25, 0.3) is 0 Å². The number of hydrogen-bond acceptors (Lipinski definition) is 5. The molecule has 16 heavy (non-hydrogen) atoms. The van der Waals surface area contributed by atoms with Crippen molar-refractivity contribution in [2.75, 3.05) is 31.7 Å². The summed E-state index contributed by atoms with van der Waals surface area (Å²) in [5, 5.41) is 8.90. The summed E-state index contributed by atoms with van der Waals surface area (Å²) in [6.07, 6.45) is 4.47. The second-order valence-corrected chi connectivity index (χ2v) is 4.11. The highest BCUT2D eigenvalue weighted by Gasteiger charge is 2.23. The number of methoxy groups -OCH3 is 1. The molecule has 5 heteroatoms. The predicted molar refractivity (Wildman–Crippen MR) is 60.2 cm³/mol. The van der Waals surface area contributed by atoms with Crippen LogP contribution in [0.5, 0.6) is 0 Å². The molecule has 1 atom stereocenters. The third-order valence-corrected chi connectivity index (χ3v) is 2.85. The minimum Gasteiger partial charge on any atom is -0.392 e. The smallest absolute Gasteiger partial charge is 0.225 e.